The summed E-state index contributed by atoms with van der Waals surface area (Å²) in [5.74, 6) is 0.0801. The molecular weight excluding hydrogens is 291 g/mol. The van der Waals surface area contributed by atoms with Crippen molar-refractivity contribution in [2.24, 2.45) is 0 Å². The number of benzene rings is 1. The largest absolute Gasteiger partial charge is 0.494 e. The Morgan fingerprint density at radius 3 is 2.26 bits per heavy atom. The highest BCUT2D eigenvalue weighted by Gasteiger charge is 2.54. The molecule has 0 aromatic heterocycles. The Hall–Kier alpha value is -1.53. The molecule has 0 bridgehead atoms. The number of rotatable bonds is 1. The molecule has 0 radical (unpaired) electrons. The van der Waals surface area contributed by atoms with Crippen molar-refractivity contribution in [2.75, 3.05) is 11.1 Å². The summed E-state index contributed by atoms with van der Waals surface area (Å²) >= 11 is 0. The van der Waals surface area contributed by atoms with Crippen molar-refractivity contribution in [3.05, 3.63) is 17.7 Å². The first kappa shape index (κ1) is 15.0. The molecule has 3 aliphatic rings. The van der Waals surface area contributed by atoms with Gasteiger partial charge in [-0.1, -0.05) is 12.5 Å². The normalized spacial score (nSPS) is 26.1. The fourth-order valence-corrected chi connectivity index (χ4v) is 3.70. The van der Waals surface area contributed by atoms with Crippen molar-refractivity contribution in [2.45, 2.75) is 63.6 Å². The predicted octanol–water partition coefficient (Wildman–Crippen LogP) is 1.94. The summed E-state index contributed by atoms with van der Waals surface area (Å²) < 4.78 is 12.3. The molecule has 2 heterocycles. The number of hydrogen-bond donors (Lipinski definition) is 2. The lowest BCUT2D eigenvalue weighted by Crippen LogP contribution is -2.42. The van der Waals surface area contributed by atoms with Crippen LogP contribution in [0.15, 0.2) is 12.1 Å². The molecule has 6 heteroatoms. The quantitative estimate of drug-likeness (QED) is 0.614. The van der Waals surface area contributed by atoms with Gasteiger partial charge in [-0.15, -0.1) is 0 Å². The second-order valence-corrected chi connectivity index (χ2v) is 8.01. The first-order chi connectivity index (χ1) is 10.7. The van der Waals surface area contributed by atoms with Crippen molar-refractivity contribution < 1.29 is 14.1 Å². The molecule has 0 atom stereocenters. The summed E-state index contributed by atoms with van der Waals surface area (Å²) in [6.07, 6.45) is 2.85. The van der Waals surface area contributed by atoms with Gasteiger partial charge in [-0.25, -0.2) is 0 Å². The van der Waals surface area contributed by atoms with Crippen molar-refractivity contribution in [1.29, 1.82) is 0 Å². The Labute approximate surface area is 137 Å². The number of fused-ring (bicyclic) bond motifs is 2. The van der Waals surface area contributed by atoms with E-state index in [0.717, 1.165) is 36.0 Å². The van der Waals surface area contributed by atoms with Gasteiger partial charge in [0.2, 0.25) is 5.91 Å². The number of nitrogens with two attached hydrogens (primary N) is 1. The van der Waals surface area contributed by atoms with E-state index < -0.39 is 18.3 Å². The van der Waals surface area contributed by atoms with Crippen LogP contribution in [0.4, 0.5) is 11.4 Å². The molecule has 1 aromatic carbocycles. The van der Waals surface area contributed by atoms with Gasteiger partial charge in [0.15, 0.2) is 0 Å². The van der Waals surface area contributed by atoms with Crippen LogP contribution >= 0.6 is 0 Å². The van der Waals surface area contributed by atoms with Gasteiger partial charge in [0.1, 0.15) is 0 Å². The molecule has 122 valence electrons. The minimum atomic E-state index is -0.458. The molecule has 1 saturated carbocycles. The van der Waals surface area contributed by atoms with E-state index in [-0.39, 0.29) is 11.3 Å². The topological polar surface area (TPSA) is 73.6 Å². The van der Waals surface area contributed by atoms with Gasteiger partial charge in [-0.05, 0) is 57.6 Å². The van der Waals surface area contributed by atoms with E-state index >= 15 is 0 Å². The maximum atomic E-state index is 12.4. The zero-order valence-corrected chi connectivity index (χ0v) is 14.2. The molecule has 1 amide bonds. The van der Waals surface area contributed by atoms with Crippen LogP contribution in [0, 0.1) is 0 Å². The van der Waals surface area contributed by atoms with E-state index in [2.05, 4.69) is 5.32 Å². The highest BCUT2D eigenvalue weighted by atomic mass is 16.7. The van der Waals surface area contributed by atoms with E-state index in [4.69, 9.17) is 15.0 Å². The molecule has 2 aliphatic heterocycles. The molecule has 0 unspecified atom stereocenters. The Balaban J connectivity index is 1.76. The number of carbonyl (C=O) groups is 1. The maximum Gasteiger partial charge on any atom is 0.494 e. The van der Waals surface area contributed by atoms with Gasteiger partial charge in [0, 0.05) is 0 Å². The molecule has 4 rings (SSSR count). The van der Waals surface area contributed by atoms with Gasteiger partial charge in [-0.3, -0.25) is 4.79 Å². The summed E-state index contributed by atoms with van der Waals surface area (Å²) in [7, 11) is -0.458. The van der Waals surface area contributed by atoms with Crippen LogP contribution < -0.4 is 16.5 Å². The minimum absolute atomic E-state index is 0.0801. The highest BCUT2D eigenvalue weighted by Crippen LogP contribution is 2.52. The lowest BCUT2D eigenvalue weighted by atomic mass is 9.64. The van der Waals surface area contributed by atoms with E-state index in [1.165, 1.54) is 0 Å². The SMILES string of the molecule is CC1(C)OB(c2cc(N)c3c(c2)C2(CCC2)C(=O)N3)OC1(C)C. The third kappa shape index (κ3) is 1.85. The molecule has 23 heavy (non-hydrogen) atoms. The summed E-state index contributed by atoms with van der Waals surface area (Å²) in [6, 6.07) is 3.91. The Kier molecular flexibility index (Phi) is 2.81. The van der Waals surface area contributed by atoms with Crippen molar-refractivity contribution in [3.63, 3.8) is 0 Å². The van der Waals surface area contributed by atoms with Crippen molar-refractivity contribution in [3.8, 4) is 0 Å². The second-order valence-electron chi connectivity index (χ2n) is 8.01. The summed E-state index contributed by atoms with van der Waals surface area (Å²) in [5, 5.41) is 2.96. The number of nitrogens with one attached hydrogen (secondary N) is 1. The van der Waals surface area contributed by atoms with Crippen LogP contribution in [-0.4, -0.2) is 24.2 Å². The smallest absolute Gasteiger partial charge is 0.399 e. The van der Waals surface area contributed by atoms with Gasteiger partial charge < -0.3 is 20.4 Å². The third-order valence-corrected chi connectivity index (χ3v) is 6.11. The van der Waals surface area contributed by atoms with E-state index in [1.807, 2.05) is 39.8 Å². The summed E-state index contributed by atoms with van der Waals surface area (Å²) in [6.45, 7) is 8.12. The lowest BCUT2D eigenvalue weighted by molar-refractivity contribution is -0.123. The average molecular weight is 314 g/mol. The van der Waals surface area contributed by atoms with Crippen LogP contribution in [0.3, 0.4) is 0 Å². The molecule has 5 nitrogen and oxygen atoms in total. The lowest BCUT2D eigenvalue weighted by Gasteiger charge is -2.36. The van der Waals surface area contributed by atoms with Gasteiger partial charge >= 0.3 is 7.12 Å². The summed E-state index contributed by atoms with van der Waals surface area (Å²) in [4.78, 5) is 12.4. The molecule has 2 fully saturated rings. The minimum Gasteiger partial charge on any atom is -0.399 e. The van der Waals surface area contributed by atoms with Crippen LogP contribution in [0.25, 0.3) is 0 Å². The first-order valence-corrected chi connectivity index (χ1v) is 8.27. The number of hydrogen-bond acceptors (Lipinski definition) is 4. The highest BCUT2D eigenvalue weighted by molar-refractivity contribution is 6.62. The van der Waals surface area contributed by atoms with E-state index in [0.29, 0.717) is 5.69 Å². The van der Waals surface area contributed by atoms with E-state index in [1.54, 1.807) is 0 Å². The zero-order valence-electron chi connectivity index (χ0n) is 14.2. The third-order valence-electron chi connectivity index (χ3n) is 6.11. The Morgan fingerprint density at radius 2 is 1.74 bits per heavy atom. The molecular formula is C17H23BN2O3. The van der Waals surface area contributed by atoms with Crippen LogP contribution in [-0.2, 0) is 19.5 Å². The number of nitrogen functional groups attached to an aromatic ring is 1. The van der Waals surface area contributed by atoms with Crippen LogP contribution in [0.2, 0.25) is 0 Å². The standard InChI is InChI=1S/C17H23BN2O3/c1-15(2)16(3,4)23-18(22-15)10-8-11-13(12(19)9-10)20-14(21)17(11)6-5-7-17/h8-9H,5-7,19H2,1-4H3,(H,20,21). The molecule has 1 saturated heterocycles. The van der Waals surface area contributed by atoms with E-state index in [9.17, 15) is 4.79 Å². The Morgan fingerprint density at radius 1 is 1.13 bits per heavy atom. The van der Waals surface area contributed by atoms with Crippen LogP contribution in [0.1, 0.15) is 52.5 Å². The number of carbonyl (C=O) groups excluding carboxylic acids is 1. The van der Waals surface area contributed by atoms with Gasteiger partial charge in [0.05, 0.1) is 28.0 Å². The van der Waals surface area contributed by atoms with Gasteiger partial charge in [0.25, 0.3) is 0 Å². The second kappa shape index (κ2) is 4.30. The predicted molar refractivity (Wildman–Crippen MR) is 90.7 cm³/mol. The fourth-order valence-electron chi connectivity index (χ4n) is 3.70. The monoisotopic (exact) mass is 314 g/mol. The number of anilines is 2. The number of amides is 1. The Bertz CT molecular complexity index is 694. The van der Waals surface area contributed by atoms with Crippen molar-refractivity contribution >= 4 is 29.9 Å². The maximum absolute atomic E-state index is 12.4. The summed E-state index contributed by atoms with van der Waals surface area (Å²) in [5.41, 5.74) is 8.30. The molecule has 1 aliphatic carbocycles. The average Bonchev–Trinajstić information content (AvgIpc) is 2.80. The molecule has 1 aromatic rings. The molecule has 1 spiro atoms. The zero-order chi connectivity index (χ0) is 16.6. The van der Waals surface area contributed by atoms with Crippen LogP contribution in [0.5, 0.6) is 0 Å². The van der Waals surface area contributed by atoms with Gasteiger partial charge in [-0.2, -0.15) is 0 Å². The first-order valence-electron chi connectivity index (χ1n) is 8.27. The molecule has 3 N–H and O–H groups in total. The fraction of sp³-hybridized carbons (Fsp3) is 0.588. The van der Waals surface area contributed by atoms with Crippen molar-refractivity contribution in [1.82, 2.24) is 0 Å².